The van der Waals surface area contributed by atoms with E-state index in [1.807, 2.05) is 25.1 Å². The molecule has 3 rings (SSSR count). The van der Waals surface area contributed by atoms with Gasteiger partial charge in [0, 0.05) is 12.2 Å². The Balaban J connectivity index is 1.82. The molecule has 0 aliphatic carbocycles. The highest BCUT2D eigenvalue weighted by atomic mass is 16.1. The summed E-state index contributed by atoms with van der Waals surface area (Å²) in [5.41, 5.74) is 1.53. The maximum Gasteiger partial charge on any atom is 0.255 e. The molecule has 2 aromatic heterocycles. The average molecular weight is 313 g/mol. The van der Waals surface area contributed by atoms with Gasteiger partial charge in [-0.2, -0.15) is 5.10 Å². The van der Waals surface area contributed by atoms with Gasteiger partial charge in [0.25, 0.3) is 5.91 Å². The van der Waals surface area contributed by atoms with E-state index in [0.29, 0.717) is 11.5 Å². The van der Waals surface area contributed by atoms with Crippen molar-refractivity contribution in [1.29, 1.82) is 0 Å². The lowest BCUT2D eigenvalue weighted by Crippen LogP contribution is -2.48. The van der Waals surface area contributed by atoms with Crippen molar-refractivity contribution in [3.8, 4) is 5.82 Å². The van der Waals surface area contributed by atoms with Crippen LogP contribution in [0.25, 0.3) is 5.82 Å². The third-order valence-electron chi connectivity index (χ3n) is 4.42. The Labute approximate surface area is 136 Å². The first-order chi connectivity index (χ1) is 11.2. The largest absolute Gasteiger partial charge is 0.349 e. The minimum absolute atomic E-state index is 0.0391. The minimum atomic E-state index is -0.0391. The molecule has 0 saturated carbocycles. The lowest BCUT2D eigenvalue weighted by molar-refractivity contribution is 0.0913. The second kappa shape index (κ2) is 6.91. The number of pyridine rings is 1. The number of nitrogens with one attached hydrogen (secondary N) is 2. The van der Waals surface area contributed by atoms with Gasteiger partial charge in [0.2, 0.25) is 0 Å². The Kier molecular flexibility index (Phi) is 4.71. The maximum absolute atomic E-state index is 12.7. The Morgan fingerprint density at radius 2 is 2.35 bits per heavy atom. The van der Waals surface area contributed by atoms with E-state index in [2.05, 4.69) is 27.6 Å². The molecule has 2 unspecified atom stereocenters. The van der Waals surface area contributed by atoms with E-state index in [4.69, 9.17) is 0 Å². The molecule has 0 radical (unpaired) electrons. The number of amides is 1. The molecule has 6 nitrogen and oxygen atoms in total. The molecule has 23 heavy (non-hydrogen) atoms. The molecule has 0 aromatic carbocycles. The molecule has 0 bridgehead atoms. The Morgan fingerprint density at radius 1 is 1.48 bits per heavy atom. The lowest BCUT2D eigenvalue weighted by atomic mass is 9.95. The molecule has 6 heteroatoms. The van der Waals surface area contributed by atoms with Gasteiger partial charge in [-0.05, 0) is 44.0 Å². The molecular weight excluding hydrogens is 290 g/mol. The molecule has 2 atom stereocenters. The molecule has 122 valence electrons. The van der Waals surface area contributed by atoms with Crippen LogP contribution in [0.4, 0.5) is 0 Å². The first kappa shape index (κ1) is 15.7. The van der Waals surface area contributed by atoms with Gasteiger partial charge in [0.15, 0.2) is 5.82 Å². The van der Waals surface area contributed by atoms with Crippen LogP contribution in [0.5, 0.6) is 0 Å². The number of piperidine rings is 1. The number of carbonyl (C=O) groups is 1. The van der Waals surface area contributed by atoms with E-state index in [-0.39, 0.29) is 11.9 Å². The van der Waals surface area contributed by atoms with Crippen LogP contribution in [0.2, 0.25) is 0 Å². The van der Waals surface area contributed by atoms with Crippen molar-refractivity contribution in [1.82, 2.24) is 25.4 Å². The summed E-state index contributed by atoms with van der Waals surface area (Å²) in [6.45, 7) is 6.08. The van der Waals surface area contributed by atoms with Crippen LogP contribution < -0.4 is 10.6 Å². The van der Waals surface area contributed by atoms with Gasteiger partial charge in [-0.15, -0.1) is 0 Å². The van der Waals surface area contributed by atoms with Crippen molar-refractivity contribution in [2.24, 2.45) is 5.92 Å². The van der Waals surface area contributed by atoms with E-state index < -0.39 is 0 Å². The highest BCUT2D eigenvalue weighted by Gasteiger charge is 2.25. The number of hydrogen-bond donors (Lipinski definition) is 2. The maximum atomic E-state index is 12.7. The zero-order chi connectivity index (χ0) is 16.2. The summed E-state index contributed by atoms with van der Waals surface area (Å²) in [6, 6.07) is 5.89. The smallest absolute Gasteiger partial charge is 0.255 e. The van der Waals surface area contributed by atoms with Crippen molar-refractivity contribution in [3.63, 3.8) is 0 Å². The first-order valence-electron chi connectivity index (χ1n) is 8.20. The second-order valence-corrected chi connectivity index (χ2v) is 6.01. The quantitative estimate of drug-likeness (QED) is 0.898. The van der Waals surface area contributed by atoms with Crippen LogP contribution in [-0.4, -0.2) is 39.8 Å². The number of rotatable bonds is 4. The summed E-state index contributed by atoms with van der Waals surface area (Å²) in [4.78, 5) is 17.0. The van der Waals surface area contributed by atoms with Gasteiger partial charge in [-0.25, -0.2) is 9.67 Å². The van der Waals surface area contributed by atoms with Crippen molar-refractivity contribution in [2.45, 2.75) is 32.7 Å². The van der Waals surface area contributed by atoms with Crippen molar-refractivity contribution < 1.29 is 4.79 Å². The Morgan fingerprint density at radius 3 is 3.04 bits per heavy atom. The average Bonchev–Trinajstić information content (AvgIpc) is 3.02. The molecule has 1 aliphatic rings. The van der Waals surface area contributed by atoms with Gasteiger partial charge < -0.3 is 10.6 Å². The number of hydrogen-bond acceptors (Lipinski definition) is 4. The first-order valence-corrected chi connectivity index (χ1v) is 8.20. The fourth-order valence-electron chi connectivity index (χ4n) is 3.05. The Hall–Kier alpha value is -2.21. The predicted molar refractivity (Wildman–Crippen MR) is 88.6 cm³/mol. The molecule has 0 spiro atoms. The van der Waals surface area contributed by atoms with Crippen LogP contribution in [0.1, 0.15) is 36.3 Å². The standard InChI is InChI=1S/C17H23N5O/c1-3-15-13(11-20-22(15)16-6-4-5-8-19-16)17(23)21-14-7-9-18-10-12(14)2/h4-6,8,11-12,14,18H,3,7,9-10H2,1-2H3,(H,21,23). The van der Waals surface area contributed by atoms with Crippen molar-refractivity contribution in [2.75, 3.05) is 13.1 Å². The molecule has 1 amide bonds. The van der Waals surface area contributed by atoms with Crippen molar-refractivity contribution in [3.05, 3.63) is 41.9 Å². The van der Waals surface area contributed by atoms with E-state index in [0.717, 1.165) is 37.4 Å². The molecule has 3 heterocycles. The van der Waals surface area contributed by atoms with E-state index in [1.165, 1.54) is 0 Å². The third-order valence-corrected chi connectivity index (χ3v) is 4.42. The lowest BCUT2D eigenvalue weighted by Gasteiger charge is -2.30. The van der Waals surface area contributed by atoms with Gasteiger partial charge in [0.05, 0.1) is 17.5 Å². The van der Waals surface area contributed by atoms with E-state index in [9.17, 15) is 4.79 Å². The van der Waals surface area contributed by atoms with E-state index >= 15 is 0 Å². The summed E-state index contributed by atoms with van der Waals surface area (Å²) in [5, 5.41) is 10.9. The molecule has 1 aliphatic heterocycles. The van der Waals surface area contributed by atoms with Gasteiger partial charge in [-0.3, -0.25) is 4.79 Å². The second-order valence-electron chi connectivity index (χ2n) is 6.01. The molecule has 2 N–H and O–H groups in total. The fourth-order valence-corrected chi connectivity index (χ4v) is 3.05. The topological polar surface area (TPSA) is 71.8 Å². The van der Waals surface area contributed by atoms with Crippen LogP contribution in [-0.2, 0) is 6.42 Å². The SMILES string of the molecule is CCc1c(C(=O)NC2CCNCC2C)cnn1-c1ccccn1. The Bertz CT molecular complexity index is 667. The number of aromatic nitrogens is 3. The van der Waals surface area contributed by atoms with Crippen LogP contribution in [0.3, 0.4) is 0 Å². The van der Waals surface area contributed by atoms with Crippen LogP contribution in [0, 0.1) is 5.92 Å². The summed E-state index contributed by atoms with van der Waals surface area (Å²) in [5.74, 6) is 1.13. The van der Waals surface area contributed by atoms with Crippen LogP contribution >= 0.6 is 0 Å². The van der Waals surface area contributed by atoms with E-state index in [1.54, 1.807) is 17.1 Å². The monoisotopic (exact) mass is 313 g/mol. The molecule has 1 fully saturated rings. The van der Waals surface area contributed by atoms with Gasteiger partial charge in [0.1, 0.15) is 0 Å². The summed E-state index contributed by atoms with van der Waals surface area (Å²) in [7, 11) is 0. The summed E-state index contributed by atoms with van der Waals surface area (Å²) in [6.07, 6.45) is 5.06. The molecule has 1 saturated heterocycles. The normalized spacial score (nSPS) is 21.1. The predicted octanol–water partition coefficient (Wildman–Crippen LogP) is 1.56. The fraction of sp³-hybridized carbons (Fsp3) is 0.471. The van der Waals surface area contributed by atoms with Crippen LogP contribution in [0.15, 0.2) is 30.6 Å². The van der Waals surface area contributed by atoms with Gasteiger partial charge in [-0.1, -0.05) is 19.9 Å². The highest BCUT2D eigenvalue weighted by molar-refractivity contribution is 5.95. The van der Waals surface area contributed by atoms with Gasteiger partial charge >= 0.3 is 0 Å². The summed E-state index contributed by atoms with van der Waals surface area (Å²) < 4.78 is 1.75. The van der Waals surface area contributed by atoms with Crippen molar-refractivity contribution >= 4 is 5.91 Å². The molecular formula is C17H23N5O. The number of nitrogens with zero attached hydrogens (tertiary/aromatic N) is 3. The minimum Gasteiger partial charge on any atom is -0.349 e. The summed E-state index contributed by atoms with van der Waals surface area (Å²) >= 11 is 0. The zero-order valence-electron chi connectivity index (χ0n) is 13.6. The number of carbonyl (C=O) groups excluding carboxylic acids is 1. The zero-order valence-corrected chi connectivity index (χ0v) is 13.6. The molecule has 2 aromatic rings. The third kappa shape index (κ3) is 3.27. The highest BCUT2D eigenvalue weighted by Crippen LogP contribution is 2.16.